The largest absolute Gasteiger partial charge is 0.454 e. The van der Waals surface area contributed by atoms with Crippen LogP contribution < -0.4 is 14.8 Å². The topological polar surface area (TPSA) is 103 Å². The van der Waals surface area contributed by atoms with Crippen LogP contribution in [0.1, 0.15) is 44.6 Å². The van der Waals surface area contributed by atoms with Gasteiger partial charge >= 0.3 is 0 Å². The first kappa shape index (κ1) is 24.0. The normalized spacial score (nSPS) is 14.0. The summed E-state index contributed by atoms with van der Waals surface area (Å²) in [5, 5.41) is 3.01. The number of hydrogen-bond donors (Lipinski definition) is 1. The third-order valence-electron chi connectivity index (χ3n) is 6.14. The van der Waals surface area contributed by atoms with Crippen molar-refractivity contribution in [3.8, 4) is 11.5 Å². The Bertz CT molecular complexity index is 1310. The molecule has 0 bridgehead atoms. The maximum Gasteiger partial charge on any atom is 0.243 e. The maximum atomic E-state index is 12.9. The number of aryl methyl sites for hydroxylation is 2. The molecule has 2 heterocycles. The summed E-state index contributed by atoms with van der Waals surface area (Å²) in [5.74, 6) is 2.01. The molecule has 3 aromatic rings. The van der Waals surface area contributed by atoms with E-state index >= 15 is 0 Å². The Balaban J connectivity index is 1.44. The number of amides is 1. The van der Waals surface area contributed by atoms with Gasteiger partial charge in [-0.2, -0.15) is 4.31 Å². The van der Waals surface area contributed by atoms with Crippen LogP contribution in [0.2, 0.25) is 0 Å². The lowest BCUT2D eigenvalue weighted by molar-refractivity contribution is -0.121. The van der Waals surface area contributed by atoms with Gasteiger partial charge in [0.1, 0.15) is 5.82 Å². The summed E-state index contributed by atoms with van der Waals surface area (Å²) in [6.45, 7) is 6.57. The van der Waals surface area contributed by atoms with Gasteiger partial charge in [-0.05, 0) is 42.8 Å². The van der Waals surface area contributed by atoms with E-state index in [1.165, 1.54) is 4.31 Å². The predicted octanol–water partition coefficient (Wildman–Crippen LogP) is 3.14. The van der Waals surface area contributed by atoms with Crippen molar-refractivity contribution < 1.29 is 22.7 Å². The van der Waals surface area contributed by atoms with E-state index in [0.717, 1.165) is 16.9 Å². The van der Waals surface area contributed by atoms with Crippen molar-refractivity contribution in [1.29, 1.82) is 0 Å². The summed E-state index contributed by atoms with van der Waals surface area (Å²) < 4.78 is 39.8. The van der Waals surface area contributed by atoms with Crippen molar-refractivity contribution in [2.45, 2.75) is 44.6 Å². The van der Waals surface area contributed by atoms with Gasteiger partial charge in [0.05, 0.1) is 22.0 Å². The van der Waals surface area contributed by atoms with Crippen LogP contribution in [0.5, 0.6) is 11.5 Å². The third-order valence-corrected chi connectivity index (χ3v) is 8.18. The summed E-state index contributed by atoms with van der Waals surface area (Å²) in [7, 11) is -1.69. The van der Waals surface area contributed by atoms with Crippen LogP contribution in [0.3, 0.4) is 0 Å². The molecule has 1 aliphatic heterocycles. The minimum absolute atomic E-state index is 0.0953. The quantitative estimate of drug-likeness (QED) is 0.499. The van der Waals surface area contributed by atoms with Gasteiger partial charge < -0.3 is 19.4 Å². The van der Waals surface area contributed by atoms with E-state index in [4.69, 9.17) is 9.47 Å². The van der Waals surface area contributed by atoms with Gasteiger partial charge in [0.15, 0.2) is 11.5 Å². The molecule has 2 aromatic carbocycles. The second kappa shape index (κ2) is 9.63. The molecule has 0 aliphatic carbocycles. The minimum atomic E-state index is -3.56. The third kappa shape index (κ3) is 4.60. The number of sulfonamides is 1. The van der Waals surface area contributed by atoms with Crippen molar-refractivity contribution in [2.75, 3.05) is 19.9 Å². The molecule has 1 atom stereocenters. The summed E-state index contributed by atoms with van der Waals surface area (Å²) in [4.78, 5) is 17.4. The number of fused-ring (bicyclic) bond motifs is 2. The molecule has 10 heteroatoms. The molecule has 34 heavy (non-hydrogen) atoms. The highest BCUT2D eigenvalue weighted by molar-refractivity contribution is 7.89. The Labute approximate surface area is 199 Å². The van der Waals surface area contributed by atoms with Crippen molar-refractivity contribution in [2.24, 2.45) is 7.05 Å². The molecule has 0 spiro atoms. The van der Waals surface area contributed by atoms with Gasteiger partial charge in [0, 0.05) is 33.0 Å². The Morgan fingerprint density at radius 2 is 1.88 bits per heavy atom. The van der Waals surface area contributed by atoms with Crippen molar-refractivity contribution in [1.82, 2.24) is 19.2 Å². The highest BCUT2D eigenvalue weighted by Gasteiger charge is 2.23. The Hall–Kier alpha value is -3.11. The Kier molecular flexibility index (Phi) is 6.81. The number of nitrogens with one attached hydrogen (secondary N) is 1. The first-order valence-electron chi connectivity index (χ1n) is 11.4. The van der Waals surface area contributed by atoms with Gasteiger partial charge in [0.2, 0.25) is 22.7 Å². The monoisotopic (exact) mass is 486 g/mol. The zero-order valence-electron chi connectivity index (χ0n) is 19.9. The average molecular weight is 487 g/mol. The highest BCUT2D eigenvalue weighted by Crippen LogP contribution is 2.34. The molecule has 0 saturated carbocycles. The van der Waals surface area contributed by atoms with E-state index in [0.29, 0.717) is 36.5 Å². The molecule has 182 valence electrons. The van der Waals surface area contributed by atoms with Gasteiger partial charge in [0.25, 0.3) is 0 Å². The molecule has 1 amide bonds. The number of nitrogens with zero attached hydrogens (tertiary/aromatic N) is 3. The molecule has 1 N–H and O–H groups in total. The van der Waals surface area contributed by atoms with Crippen LogP contribution in [0.25, 0.3) is 11.0 Å². The summed E-state index contributed by atoms with van der Waals surface area (Å²) in [5.41, 5.74) is 2.35. The molecular formula is C24H30N4O5S. The number of rotatable bonds is 9. The standard InChI is InChI=1S/C24H30N4O5S/c1-5-28(6-2)34(30,31)18-8-9-20-19(14-18)26-23(27(20)4)11-12-24(29)25-16(3)17-7-10-21-22(13-17)33-15-32-21/h7-10,13-14,16H,5-6,11-12,15H2,1-4H3,(H,25,29). The first-order chi connectivity index (χ1) is 16.2. The summed E-state index contributed by atoms with van der Waals surface area (Å²) in [6.07, 6.45) is 0.694. The van der Waals surface area contributed by atoms with Gasteiger partial charge in [-0.1, -0.05) is 19.9 Å². The lowest BCUT2D eigenvalue weighted by Gasteiger charge is -2.18. The van der Waals surface area contributed by atoms with Crippen molar-refractivity contribution in [3.05, 3.63) is 47.8 Å². The van der Waals surface area contributed by atoms with E-state index in [1.807, 2.05) is 50.6 Å². The van der Waals surface area contributed by atoms with Gasteiger partial charge in [-0.25, -0.2) is 13.4 Å². The Morgan fingerprint density at radius 1 is 1.15 bits per heavy atom. The number of hydrogen-bond acceptors (Lipinski definition) is 6. The second-order valence-electron chi connectivity index (χ2n) is 8.23. The molecule has 1 unspecified atom stereocenters. The maximum absolute atomic E-state index is 12.9. The van der Waals surface area contributed by atoms with E-state index in [-0.39, 0.29) is 30.1 Å². The minimum Gasteiger partial charge on any atom is -0.454 e. The first-order valence-corrected chi connectivity index (χ1v) is 12.8. The molecular weight excluding hydrogens is 456 g/mol. The number of aromatic nitrogens is 2. The second-order valence-corrected chi connectivity index (χ2v) is 10.2. The van der Waals surface area contributed by atoms with Crippen molar-refractivity contribution in [3.63, 3.8) is 0 Å². The number of ether oxygens (including phenoxy) is 2. The van der Waals surface area contributed by atoms with E-state index in [2.05, 4.69) is 10.3 Å². The smallest absolute Gasteiger partial charge is 0.243 e. The molecule has 0 radical (unpaired) electrons. The fourth-order valence-corrected chi connectivity index (χ4v) is 5.61. The molecule has 9 nitrogen and oxygen atoms in total. The molecule has 4 rings (SSSR count). The van der Waals surface area contributed by atoms with E-state index < -0.39 is 10.0 Å². The van der Waals surface area contributed by atoms with E-state index in [1.54, 1.807) is 18.2 Å². The number of carbonyl (C=O) groups excluding carboxylic acids is 1. The van der Waals surface area contributed by atoms with Crippen LogP contribution in [-0.2, 0) is 28.3 Å². The number of imidazole rings is 1. The van der Waals surface area contributed by atoms with Crippen LogP contribution in [0, 0.1) is 0 Å². The van der Waals surface area contributed by atoms with Crippen LogP contribution >= 0.6 is 0 Å². The summed E-state index contributed by atoms with van der Waals surface area (Å²) in [6, 6.07) is 10.4. The predicted molar refractivity (Wildman–Crippen MR) is 128 cm³/mol. The van der Waals surface area contributed by atoms with Gasteiger partial charge in [-0.3, -0.25) is 4.79 Å². The van der Waals surface area contributed by atoms with Crippen LogP contribution in [0.15, 0.2) is 41.3 Å². The zero-order valence-corrected chi connectivity index (χ0v) is 20.7. The highest BCUT2D eigenvalue weighted by atomic mass is 32.2. The van der Waals surface area contributed by atoms with Crippen LogP contribution in [-0.4, -0.2) is 48.1 Å². The summed E-state index contributed by atoms with van der Waals surface area (Å²) >= 11 is 0. The molecule has 1 aliphatic rings. The van der Waals surface area contributed by atoms with Gasteiger partial charge in [-0.15, -0.1) is 0 Å². The number of benzene rings is 2. The van der Waals surface area contributed by atoms with E-state index in [9.17, 15) is 13.2 Å². The molecule has 1 aromatic heterocycles. The molecule has 0 fully saturated rings. The zero-order chi connectivity index (χ0) is 24.5. The Morgan fingerprint density at radius 3 is 2.62 bits per heavy atom. The fraction of sp³-hybridized carbons (Fsp3) is 0.417. The SMILES string of the molecule is CCN(CC)S(=O)(=O)c1ccc2c(c1)nc(CCC(=O)NC(C)c1ccc3c(c1)OCO3)n2C. The lowest BCUT2D eigenvalue weighted by Crippen LogP contribution is -2.30. The van der Waals surface area contributed by atoms with Crippen molar-refractivity contribution >= 4 is 27.0 Å². The average Bonchev–Trinajstić information content (AvgIpc) is 3.41. The number of carbonyl (C=O) groups is 1. The molecule has 0 saturated heterocycles. The lowest BCUT2D eigenvalue weighted by atomic mass is 10.1. The fourth-order valence-electron chi connectivity index (χ4n) is 4.13. The van der Waals surface area contributed by atoms with Crippen LogP contribution in [0.4, 0.5) is 0 Å².